The standard InChI is InChI=1S/C30H35NO6S/c1-5-9-18-37-25-16-10-21(19-26(25)35-7-3)11-17-27(32)31-29-28(30(33)36-8-4)24(20-38-29)22-12-14-23(15-13-22)34-6-2/h10-17,19-20H,5-9,18H2,1-4H3,(H,31,32)/b17-11+. The lowest BCUT2D eigenvalue weighted by Crippen LogP contribution is -2.12. The van der Waals surface area contributed by atoms with Crippen LogP contribution in [0.15, 0.2) is 53.9 Å². The van der Waals surface area contributed by atoms with Gasteiger partial charge in [0.05, 0.1) is 26.4 Å². The Balaban J connectivity index is 1.79. The third kappa shape index (κ3) is 7.86. The molecule has 0 aliphatic heterocycles. The first-order valence-electron chi connectivity index (χ1n) is 12.9. The summed E-state index contributed by atoms with van der Waals surface area (Å²) in [6.07, 6.45) is 5.13. The van der Waals surface area contributed by atoms with Crippen LogP contribution in [0.25, 0.3) is 17.2 Å². The molecule has 0 saturated heterocycles. The quantitative estimate of drug-likeness (QED) is 0.133. The van der Waals surface area contributed by atoms with E-state index in [-0.39, 0.29) is 12.5 Å². The monoisotopic (exact) mass is 537 g/mol. The van der Waals surface area contributed by atoms with E-state index in [2.05, 4.69) is 12.2 Å². The van der Waals surface area contributed by atoms with Crippen molar-refractivity contribution in [3.63, 3.8) is 0 Å². The van der Waals surface area contributed by atoms with Gasteiger partial charge < -0.3 is 24.3 Å². The SMILES string of the molecule is CCCCOc1ccc(/C=C/C(=O)Nc2scc(-c3ccc(OCC)cc3)c2C(=O)OCC)cc1OCC. The van der Waals surface area contributed by atoms with Crippen molar-refractivity contribution >= 4 is 34.3 Å². The van der Waals surface area contributed by atoms with Gasteiger partial charge in [-0.1, -0.05) is 31.5 Å². The predicted molar refractivity (Wildman–Crippen MR) is 153 cm³/mol. The first-order chi connectivity index (χ1) is 18.5. The average Bonchev–Trinajstić information content (AvgIpc) is 3.33. The molecule has 3 aromatic rings. The molecule has 1 N–H and O–H groups in total. The molecule has 2 aromatic carbocycles. The van der Waals surface area contributed by atoms with Crippen LogP contribution in [-0.4, -0.2) is 38.3 Å². The van der Waals surface area contributed by atoms with E-state index < -0.39 is 5.97 Å². The molecule has 1 aromatic heterocycles. The predicted octanol–water partition coefficient (Wildman–Crippen LogP) is 7.22. The second-order valence-electron chi connectivity index (χ2n) is 8.20. The second kappa shape index (κ2) is 14.8. The van der Waals surface area contributed by atoms with Crippen molar-refractivity contribution in [1.29, 1.82) is 0 Å². The normalized spacial score (nSPS) is 10.8. The smallest absolute Gasteiger partial charge is 0.341 e. The lowest BCUT2D eigenvalue weighted by Gasteiger charge is -2.12. The fourth-order valence-electron chi connectivity index (χ4n) is 3.63. The molecule has 0 radical (unpaired) electrons. The molecule has 38 heavy (non-hydrogen) atoms. The highest BCUT2D eigenvalue weighted by molar-refractivity contribution is 7.15. The van der Waals surface area contributed by atoms with Crippen LogP contribution in [0.5, 0.6) is 17.2 Å². The molecule has 1 amide bonds. The van der Waals surface area contributed by atoms with E-state index in [0.717, 1.165) is 29.7 Å². The van der Waals surface area contributed by atoms with E-state index >= 15 is 0 Å². The summed E-state index contributed by atoms with van der Waals surface area (Å²) < 4.78 is 22.4. The topological polar surface area (TPSA) is 83.1 Å². The third-order valence-electron chi connectivity index (χ3n) is 5.43. The zero-order valence-electron chi connectivity index (χ0n) is 22.4. The van der Waals surface area contributed by atoms with Crippen LogP contribution in [-0.2, 0) is 9.53 Å². The van der Waals surface area contributed by atoms with Gasteiger partial charge in [-0.2, -0.15) is 0 Å². The molecule has 0 aliphatic rings. The zero-order chi connectivity index (χ0) is 27.3. The van der Waals surface area contributed by atoms with Crippen LogP contribution in [0, 0.1) is 0 Å². The number of carbonyl (C=O) groups is 2. The Morgan fingerprint density at radius 3 is 2.34 bits per heavy atom. The Kier molecular flexibility index (Phi) is 11.2. The molecule has 0 atom stereocenters. The average molecular weight is 538 g/mol. The summed E-state index contributed by atoms with van der Waals surface area (Å²) in [4.78, 5) is 25.7. The van der Waals surface area contributed by atoms with Gasteiger partial charge in [0.25, 0.3) is 0 Å². The second-order valence-corrected chi connectivity index (χ2v) is 9.07. The lowest BCUT2D eigenvalue weighted by atomic mass is 10.0. The number of rotatable bonds is 14. The Bertz CT molecular complexity index is 1230. The summed E-state index contributed by atoms with van der Waals surface area (Å²) in [6.45, 7) is 9.61. The van der Waals surface area contributed by atoms with Gasteiger partial charge in [0, 0.05) is 17.0 Å². The maximum atomic E-state index is 12.8. The van der Waals surface area contributed by atoms with Gasteiger partial charge in [0.15, 0.2) is 11.5 Å². The van der Waals surface area contributed by atoms with Gasteiger partial charge in [-0.15, -0.1) is 11.3 Å². The summed E-state index contributed by atoms with van der Waals surface area (Å²) in [6, 6.07) is 13.0. The molecular weight excluding hydrogens is 502 g/mol. The van der Waals surface area contributed by atoms with Crippen molar-refractivity contribution in [1.82, 2.24) is 0 Å². The largest absolute Gasteiger partial charge is 0.494 e. The van der Waals surface area contributed by atoms with Gasteiger partial charge in [-0.3, -0.25) is 4.79 Å². The van der Waals surface area contributed by atoms with Crippen molar-refractivity contribution in [3.05, 3.63) is 65.0 Å². The molecule has 1 heterocycles. The number of amides is 1. The molecule has 0 spiro atoms. The minimum absolute atomic E-state index is 0.227. The molecule has 0 aliphatic carbocycles. The summed E-state index contributed by atoms with van der Waals surface area (Å²) in [5.74, 6) is 1.21. The number of anilines is 1. The van der Waals surface area contributed by atoms with Crippen molar-refractivity contribution < 1.29 is 28.5 Å². The first kappa shape index (κ1) is 28.8. The molecular formula is C30H35NO6S. The van der Waals surface area contributed by atoms with Crippen LogP contribution in [0.3, 0.4) is 0 Å². The maximum absolute atomic E-state index is 12.8. The fraction of sp³-hybridized carbons (Fsp3) is 0.333. The molecule has 3 rings (SSSR count). The van der Waals surface area contributed by atoms with Gasteiger partial charge in [0.1, 0.15) is 16.3 Å². The number of unbranched alkanes of at least 4 members (excludes halogenated alkanes) is 1. The minimum atomic E-state index is -0.489. The Hall–Kier alpha value is -3.78. The number of esters is 1. The number of benzene rings is 2. The van der Waals surface area contributed by atoms with Crippen molar-refractivity contribution in [3.8, 4) is 28.4 Å². The van der Waals surface area contributed by atoms with Gasteiger partial charge >= 0.3 is 5.97 Å². The fourth-order valence-corrected chi connectivity index (χ4v) is 4.59. The third-order valence-corrected chi connectivity index (χ3v) is 6.33. The highest BCUT2D eigenvalue weighted by Gasteiger charge is 2.22. The van der Waals surface area contributed by atoms with Crippen LogP contribution in [0.4, 0.5) is 5.00 Å². The van der Waals surface area contributed by atoms with Crippen LogP contribution >= 0.6 is 11.3 Å². The summed E-state index contributed by atoms with van der Waals surface area (Å²) in [5, 5.41) is 5.11. The molecule has 0 bridgehead atoms. The number of carbonyl (C=O) groups excluding carboxylic acids is 2. The Labute approximate surface area is 228 Å². The van der Waals surface area contributed by atoms with Crippen molar-refractivity contribution in [2.75, 3.05) is 31.7 Å². The number of thiophene rings is 1. The van der Waals surface area contributed by atoms with Crippen molar-refractivity contribution in [2.24, 2.45) is 0 Å². The van der Waals surface area contributed by atoms with E-state index in [0.29, 0.717) is 47.4 Å². The maximum Gasteiger partial charge on any atom is 0.341 e. The van der Waals surface area contributed by atoms with Crippen LogP contribution in [0.2, 0.25) is 0 Å². The first-order valence-corrected chi connectivity index (χ1v) is 13.8. The minimum Gasteiger partial charge on any atom is -0.494 e. The van der Waals surface area contributed by atoms with Crippen LogP contribution < -0.4 is 19.5 Å². The van der Waals surface area contributed by atoms with E-state index in [9.17, 15) is 9.59 Å². The summed E-state index contributed by atoms with van der Waals surface area (Å²) in [7, 11) is 0. The van der Waals surface area contributed by atoms with E-state index in [1.165, 1.54) is 17.4 Å². The van der Waals surface area contributed by atoms with Crippen molar-refractivity contribution in [2.45, 2.75) is 40.5 Å². The van der Waals surface area contributed by atoms with E-state index in [1.54, 1.807) is 13.0 Å². The van der Waals surface area contributed by atoms with Crippen LogP contribution in [0.1, 0.15) is 56.5 Å². The molecule has 0 unspecified atom stereocenters. The molecule has 0 fully saturated rings. The molecule has 202 valence electrons. The number of hydrogen-bond acceptors (Lipinski definition) is 7. The lowest BCUT2D eigenvalue weighted by molar-refractivity contribution is -0.111. The highest BCUT2D eigenvalue weighted by atomic mass is 32.1. The zero-order valence-corrected chi connectivity index (χ0v) is 23.2. The van der Waals surface area contributed by atoms with Gasteiger partial charge in [-0.25, -0.2) is 4.79 Å². The number of ether oxygens (including phenoxy) is 4. The molecule has 8 heteroatoms. The van der Waals surface area contributed by atoms with E-state index in [4.69, 9.17) is 18.9 Å². The number of hydrogen-bond donors (Lipinski definition) is 1. The van der Waals surface area contributed by atoms with Gasteiger partial charge in [0.2, 0.25) is 5.91 Å². The van der Waals surface area contributed by atoms with E-state index in [1.807, 2.05) is 61.7 Å². The Morgan fingerprint density at radius 2 is 1.66 bits per heavy atom. The molecule has 7 nitrogen and oxygen atoms in total. The Morgan fingerprint density at radius 1 is 0.895 bits per heavy atom. The highest BCUT2D eigenvalue weighted by Crippen LogP contribution is 2.37. The summed E-state index contributed by atoms with van der Waals surface area (Å²) in [5.41, 5.74) is 2.64. The summed E-state index contributed by atoms with van der Waals surface area (Å²) >= 11 is 1.28. The number of nitrogens with one attached hydrogen (secondary N) is 1. The molecule has 0 saturated carbocycles. The van der Waals surface area contributed by atoms with Gasteiger partial charge in [-0.05, 0) is 68.7 Å².